The topological polar surface area (TPSA) is 42.1 Å². The van der Waals surface area contributed by atoms with Gasteiger partial charge in [0.05, 0.1) is 0 Å². The number of piperidine rings is 2. The van der Waals surface area contributed by atoms with Gasteiger partial charge in [-0.3, -0.25) is 9.69 Å². The van der Waals surface area contributed by atoms with E-state index < -0.39 is 0 Å². The van der Waals surface area contributed by atoms with Crippen molar-refractivity contribution in [3.05, 3.63) is 65.7 Å². The molecule has 5 rings (SSSR count). The summed E-state index contributed by atoms with van der Waals surface area (Å²) in [4.78, 5) is 22.4. The summed E-state index contributed by atoms with van der Waals surface area (Å²) in [6.07, 6.45) is 4.92. The molecule has 0 radical (unpaired) electrons. The second kappa shape index (κ2) is 12.2. The largest absolute Gasteiger partial charge is 0.371 e. The van der Waals surface area contributed by atoms with E-state index in [1.807, 2.05) is 17.0 Å². The Balaban J connectivity index is 1.07. The van der Waals surface area contributed by atoms with E-state index in [-0.39, 0.29) is 5.91 Å². The number of hydrogen-bond acceptors (Lipinski definition) is 5. The van der Waals surface area contributed by atoms with Crippen LogP contribution >= 0.6 is 0 Å². The zero-order valence-electron chi connectivity index (χ0n) is 21.9. The van der Waals surface area contributed by atoms with Crippen LogP contribution in [0.4, 0.5) is 5.69 Å². The van der Waals surface area contributed by atoms with E-state index in [1.165, 1.54) is 43.5 Å². The third kappa shape index (κ3) is 6.47. The number of piperazine rings is 1. The van der Waals surface area contributed by atoms with E-state index in [0.29, 0.717) is 12.1 Å². The number of benzene rings is 2. The Kier molecular flexibility index (Phi) is 8.57. The Labute approximate surface area is 217 Å². The lowest BCUT2D eigenvalue weighted by molar-refractivity contribution is 0.0643. The average molecular weight is 490 g/mol. The highest BCUT2D eigenvalue weighted by molar-refractivity contribution is 5.94. The fraction of sp³-hybridized carbons (Fsp3) is 0.567. The number of nitrogens with zero attached hydrogens (tertiary/aromatic N) is 4. The lowest BCUT2D eigenvalue weighted by Gasteiger charge is -2.39. The summed E-state index contributed by atoms with van der Waals surface area (Å²) in [7, 11) is 0. The van der Waals surface area contributed by atoms with Gasteiger partial charge in [-0.25, -0.2) is 0 Å². The van der Waals surface area contributed by atoms with Crippen molar-refractivity contribution in [2.75, 3.05) is 63.8 Å². The number of carbonyl (C=O) groups excluding carboxylic acids is 1. The van der Waals surface area contributed by atoms with Crippen LogP contribution in [-0.4, -0.2) is 91.6 Å². The number of hydrogen-bond donors (Lipinski definition) is 1. The number of nitrogens with one attached hydrogen (secondary N) is 1. The van der Waals surface area contributed by atoms with Gasteiger partial charge in [0, 0.05) is 75.7 Å². The molecule has 3 fully saturated rings. The molecule has 0 saturated carbocycles. The van der Waals surface area contributed by atoms with E-state index in [9.17, 15) is 4.79 Å². The van der Waals surface area contributed by atoms with E-state index in [0.717, 1.165) is 64.5 Å². The SMILES string of the molecule is CCN1CCN(C(=O)c2ccc(N3CCC(N[C@H]4CCCN(Cc5ccccc5)C4)CC3)cc2)CC1. The lowest BCUT2D eigenvalue weighted by atomic mass is 9.99. The summed E-state index contributed by atoms with van der Waals surface area (Å²) in [5, 5.41) is 3.99. The van der Waals surface area contributed by atoms with Crippen molar-refractivity contribution in [2.45, 2.75) is 51.2 Å². The monoisotopic (exact) mass is 489 g/mol. The van der Waals surface area contributed by atoms with Gasteiger partial charge in [-0.1, -0.05) is 37.3 Å². The van der Waals surface area contributed by atoms with Crippen LogP contribution < -0.4 is 10.2 Å². The van der Waals surface area contributed by atoms with Gasteiger partial charge >= 0.3 is 0 Å². The molecular formula is C30H43N5O. The van der Waals surface area contributed by atoms with E-state index >= 15 is 0 Å². The number of anilines is 1. The van der Waals surface area contributed by atoms with E-state index in [1.54, 1.807) is 0 Å². The second-order valence-corrected chi connectivity index (χ2v) is 10.8. The van der Waals surface area contributed by atoms with E-state index in [2.05, 4.69) is 69.4 Å². The van der Waals surface area contributed by atoms with Gasteiger partial charge < -0.3 is 20.0 Å². The van der Waals surface area contributed by atoms with Crippen LogP contribution in [0, 0.1) is 0 Å². The highest BCUT2D eigenvalue weighted by Crippen LogP contribution is 2.23. The summed E-state index contributed by atoms with van der Waals surface area (Å²) in [6.45, 7) is 12.4. The maximum absolute atomic E-state index is 12.9. The smallest absolute Gasteiger partial charge is 0.253 e. The summed E-state index contributed by atoms with van der Waals surface area (Å²) in [6, 6.07) is 20.4. The highest BCUT2D eigenvalue weighted by atomic mass is 16.2. The standard InChI is InChI=1S/C30H43N5O/c1-2-32-19-21-35(22-20-32)30(36)26-10-12-29(13-11-26)34-17-14-27(15-18-34)31-28-9-6-16-33(24-28)23-25-7-4-3-5-8-25/h3-5,7-8,10-13,27-28,31H,2,6,9,14-24H2,1H3/t28-/m0/s1. The van der Waals surface area contributed by atoms with Gasteiger partial charge in [0.25, 0.3) is 5.91 Å². The normalized spacial score (nSPS) is 22.6. The average Bonchev–Trinajstić information content (AvgIpc) is 2.94. The first-order chi connectivity index (χ1) is 17.7. The Morgan fingerprint density at radius 1 is 0.806 bits per heavy atom. The molecule has 6 heteroatoms. The first-order valence-corrected chi connectivity index (χ1v) is 14.1. The molecule has 0 aliphatic carbocycles. The molecule has 194 valence electrons. The quantitative estimate of drug-likeness (QED) is 0.643. The van der Waals surface area contributed by atoms with Crippen molar-refractivity contribution in [2.24, 2.45) is 0 Å². The zero-order chi connectivity index (χ0) is 24.7. The van der Waals surface area contributed by atoms with Crippen LogP contribution in [0.25, 0.3) is 0 Å². The number of carbonyl (C=O) groups is 1. The minimum atomic E-state index is 0.175. The predicted molar refractivity (Wildman–Crippen MR) is 148 cm³/mol. The van der Waals surface area contributed by atoms with Gasteiger partial charge in [-0.15, -0.1) is 0 Å². The molecule has 0 bridgehead atoms. The van der Waals surface area contributed by atoms with Crippen molar-refractivity contribution in [3.63, 3.8) is 0 Å². The van der Waals surface area contributed by atoms with Gasteiger partial charge in [0.2, 0.25) is 0 Å². The predicted octanol–water partition coefficient (Wildman–Crippen LogP) is 3.69. The molecule has 6 nitrogen and oxygen atoms in total. The van der Waals surface area contributed by atoms with Crippen molar-refractivity contribution in [3.8, 4) is 0 Å². The molecular weight excluding hydrogens is 446 g/mol. The van der Waals surface area contributed by atoms with Crippen LogP contribution in [0.5, 0.6) is 0 Å². The van der Waals surface area contributed by atoms with Crippen LogP contribution in [0.15, 0.2) is 54.6 Å². The Bertz CT molecular complexity index is 949. The second-order valence-electron chi connectivity index (χ2n) is 10.8. The molecule has 1 amide bonds. The Hall–Kier alpha value is -2.41. The number of likely N-dealkylation sites (N-methyl/N-ethyl adjacent to an activating group) is 1. The molecule has 0 unspecified atom stereocenters. The van der Waals surface area contributed by atoms with Crippen LogP contribution in [-0.2, 0) is 6.54 Å². The number of amides is 1. The summed E-state index contributed by atoms with van der Waals surface area (Å²) < 4.78 is 0. The molecule has 2 aromatic rings. The molecule has 3 aliphatic rings. The van der Waals surface area contributed by atoms with Crippen LogP contribution in [0.2, 0.25) is 0 Å². The van der Waals surface area contributed by atoms with Gasteiger partial charge in [0.1, 0.15) is 0 Å². The van der Waals surface area contributed by atoms with Crippen molar-refractivity contribution in [1.29, 1.82) is 0 Å². The molecule has 3 aliphatic heterocycles. The molecule has 1 N–H and O–H groups in total. The first kappa shape index (κ1) is 25.2. The van der Waals surface area contributed by atoms with Crippen molar-refractivity contribution in [1.82, 2.24) is 20.0 Å². The third-order valence-corrected chi connectivity index (χ3v) is 8.31. The molecule has 3 heterocycles. The molecule has 0 aromatic heterocycles. The Morgan fingerprint density at radius 2 is 1.53 bits per heavy atom. The summed E-state index contributed by atoms with van der Waals surface area (Å²) >= 11 is 0. The zero-order valence-corrected chi connectivity index (χ0v) is 21.9. The van der Waals surface area contributed by atoms with Crippen LogP contribution in [0.1, 0.15) is 48.5 Å². The third-order valence-electron chi connectivity index (χ3n) is 8.31. The fourth-order valence-corrected chi connectivity index (χ4v) is 6.08. The maximum atomic E-state index is 12.9. The number of likely N-dealkylation sites (tertiary alicyclic amines) is 1. The summed E-state index contributed by atoms with van der Waals surface area (Å²) in [5.74, 6) is 0.175. The number of rotatable bonds is 7. The molecule has 3 saturated heterocycles. The molecule has 2 aromatic carbocycles. The molecule has 0 spiro atoms. The highest BCUT2D eigenvalue weighted by Gasteiger charge is 2.26. The summed E-state index contributed by atoms with van der Waals surface area (Å²) in [5.41, 5.74) is 3.48. The minimum Gasteiger partial charge on any atom is -0.371 e. The maximum Gasteiger partial charge on any atom is 0.253 e. The first-order valence-electron chi connectivity index (χ1n) is 14.1. The van der Waals surface area contributed by atoms with Gasteiger partial charge in [0.15, 0.2) is 0 Å². The molecule has 1 atom stereocenters. The minimum absolute atomic E-state index is 0.175. The fourth-order valence-electron chi connectivity index (χ4n) is 6.08. The lowest BCUT2D eigenvalue weighted by Crippen LogP contribution is -2.51. The van der Waals surface area contributed by atoms with Crippen molar-refractivity contribution >= 4 is 11.6 Å². The van der Waals surface area contributed by atoms with Crippen molar-refractivity contribution < 1.29 is 4.79 Å². The van der Waals surface area contributed by atoms with Crippen LogP contribution in [0.3, 0.4) is 0 Å². The van der Waals surface area contributed by atoms with Gasteiger partial charge in [-0.2, -0.15) is 0 Å². The van der Waals surface area contributed by atoms with E-state index in [4.69, 9.17) is 0 Å². The molecule has 36 heavy (non-hydrogen) atoms. The Morgan fingerprint density at radius 3 is 2.22 bits per heavy atom. The van der Waals surface area contributed by atoms with Gasteiger partial charge in [-0.05, 0) is 68.6 Å².